The first-order valence-corrected chi connectivity index (χ1v) is 10.4. The van der Waals surface area contributed by atoms with Crippen LogP contribution in [0, 0.1) is 11.3 Å². The molecule has 0 aromatic rings. The van der Waals surface area contributed by atoms with E-state index >= 15 is 0 Å². The number of nitrogens with one attached hydrogen (secondary N) is 2. The third-order valence-corrected chi connectivity index (χ3v) is 5.89. The van der Waals surface area contributed by atoms with Gasteiger partial charge in [0.05, 0.1) is 0 Å². The summed E-state index contributed by atoms with van der Waals surface area (Å²) >= 11 is 0. The Morgan fingerprint density at radius 2 is 1.77 bits per heavy atom. The maximum absolute atomic E-state index is 4.44. The van der Waals surface area contributed by atoms with E-state index in [-0.39, 0.29) is 24.0 Å². The lowest BCUT2D eigenvalue weighted by atomic mass is 9.78. The average Bonchev–Trinajstić information content (AvgIpc) is 2.92. The zero-order chi connectivity index (χ0) is 18.1. The van der Waals surface area contributed by atoms with E-state index in [1.54, 1.807) is 0 Å². The van der Waals surface area contributed by atoms with Crippen LogP contribution in [0.2, 0.25) is 0 Å². The van der Waals surface area contributed by atoms with Gasteiger partial charge in [-0.2, -0.15) is 0 Å². The van der Waals surface area contributed by atoms with Gasteiger partial charge in [0.25, 0.3) is 0 Å². The lowest BCUT2D eigenvalue weighted by Gasteiger charge is -2.32. The number of nitrogens with zero attached hydrogens (tertiary/aromatic N) is 3. The van der Waals surface area contributed by atoms with Gasteiger partial charge in [-0.25, -0.2) is 0 Å². The van der Waals surface area contributed by atoms with Crippen molar-refractivity contribution >= 4 is 29.9 Å². The first-order valence-electron chi connectivity index (χ1n) is 10.4. The van der Waals surface area contributed by atoms with Gasteiger partial charge in [0, 0.05) is 39.8 Å². The summed E-state index contributed by atoms with van der Waals surface area (Å²) in [5.74, 6) is 1.75. The number of hydrogen-bond acceptors (Lipinski definition) is 3. The molecule has 2 aliphatic rings. The largest absolute Gasteiger partial charge is 0.356 e. The Morgan fingerprint density at radius 3 is 2.42 bits per heavy atom. The SMILES string of the molecule is CN=C(NCCN1CCCN(C)CC1)NCC1(CC(C)C)CCCC1.I. The van der Waals surface area contributed by atoms with Crippen molar-refractivity contribution in [2.45, 2.75) is 52.4 Å². The molecule has 1 saturated heterocycles. The fraction of sp³-hybridized carbons (Fsp3) is 0.950. The Bertz CT molecular complexity index is 407. The van der Waals surface area contributed by atoms with E-state index in [9.17, 15) is 0 Å². The van der Waals surface area contributed by atoms with Crippen molar-refractivity contribution in [3.8, 4) is 0 Å². The average molecular weight is 479 g/mol. The standard InChI is InChI=1S/C20H41N5.HI/c1-18(2)16-20(8-5-6-9-20)17-23-19(21-3)22-10-13-25-12-7-11-24(4)14-15-25;/h18H,5-17H2,1-4H3,(H2,21,22,23);1H. The van der Waals surface area contributed by atoms with Crippen molar-refractivity contribution < 1.29 is 0 Å². The zero-order valence-corrected chi connectivity index (χ0v) is 19.8. The van der Waals surface area contributed by atoms with Crippen LogP contribution in [0.3, 0.4) is 0 Å². The maximum atomic E-state index is 4.44. The molecule has 2 N–H and O–H groups in total. The van der Waals surface area contributed by atoms with Crippen LogP contribution in [0.15, 0.2) is 4.99 Å². The fourth-order valence-corrected chi connectivity index (χ4v) is 4.59. The van der Waals surface area contributed by atoms with Crippen molar-refractivity contribution in [3.63, 3.8) is 0 Å². The topological polar surface area (TPSA) is 42.9 Å². The van der Waals surface area contributed by atoms with Crippen LogP contribution in [0.1, 0.15) is 52.4 Å². The van der Waals surface area contributed by atoms with Crippen LogP contribution in [0.5, 0.6) is 0 Å². The molecule has 1 aliphatic carbocycles. The molecule has 1 saturated carbocycles. The molecule has 5 nitrogen and oxygen atoms in total. The monoisotopic (exact) mass is 479 g/mol. The maximum Gasteiger partial charge on any atom is 0.191 e. The molecule has 0 spiro atoms. The molecule has 2 fully saturated rings. The lowest BCUT2D eigenvalue weighted by Crippen LogP contribution is -2.45. The molecule has 1 aliphatic heterocycles. The molecule has 0 aromatic carbocycles. The number of likely N-dealkylation sites (N-methyl/N-ethyl adjacent to an activating group) is 1. The molecule has 0 bridgehead atoms. The Hall–Kier alpha value is -0.0800. The van der Waals surface area contributed by atoms with Crippen molar-refractivity contribution in [1.82, 2.24) is 20.4 Å². The second kappa shape index (κ2) is 12.4. The third-order valence-electron chi connectivity index (χ3n) is 5.89. The first kappa shape index (κ1) is 24.0. The van der Waals surface area contributed by atoms with Gasteiger partial charge < -0.3 is 20.4 Å². The Labute approximate surface area is 178 Å². The molecule has 2 rings (SSSR count). The molecule has 0 aromatic heterocycles. The Kier molecular flexibility index (Phi) is 11.4. The summed E-state index contributed by atoms with van der Waals surface area (Å²) in [4.78, 5) is 9.44. The van der Waals surface area contributed by atoms with Crippen LogP contribution in [0.4, 0.5) is 0 Å². The quantitative estimate of drug-likeness (QED) is 0.335. The van der Waals surface area contributed by atoms with Crippen LogP contribution in [0.25, 0.3) is 0 Å². The van der Waals surface area contributed by atoms with Crippen LogP contribution in [-0.4, -0.2) is 75.7 Å². The molecular weight excluding hydrogens is 437 g/mol. The highest BCUT2D eigenvalue weighted by atomic mass is 127. The molecule has 1 heterocycles. The van der Waals surface area contributed by atoms with Gasteiger partial charge in [0.15, 0.2) is 5.96 Å². The van der Waals surface area contributed by atoms with Crippen LogP contribution < -0.4 is 10.6 Å². The second-order valence-electron chi connectivity index (χ2n) is 8.66. The van der Waals surface area contributed by atoms with Crippen LogP contribution >= 0.6 is 24.0 Å². The van der Waals surface area contributed by atoms with Crippen LogP contribution in [-0.2, 0) is 0 Å². The van der Waals surface area contributed by atoms with Gasteiger partial charge in [-0.15, -0.1) is 24.0 Å². The van der Waals surface area contributed by atoms with Gasteiger partial charge >= 0.3 is 0 Å². The van der Waals surface area contributed by atoms with Crippen molar-refractivity contribution in [2.24, 2.45) is 16.3 Å². The summed E-state index contributed by atoms with van der Waals surface area (Å²) in [6.07, 6.45) is 8.14. The smallest absolute Gasteiger partial charge is 0.191 e. The van der Waals surface area contributed by atoms with Gasteiger partial charge in [-0.1, -0.05) is 26.7 Å². The molecule has 0 amide bonds. The van der Waals surface area contributed by atoms with E-state index in [1.165, 1.54) is 64.7 Å². The number of halogens is 1. The minimum Gasteiger partial charge on any atom is -0.356 e. The van der Waals surface area contributed by atoms with Crippen molar-refractivity contribution in [2.75, 3.05) is 59.9 Å². The zero-order valence-electron chi connectivity index (χ0n) is 17.5. The molecule has 154 valence electrons. The van der Waals surface area contributed by atoms with Crippen molar-refractivity contribution in [3.05, 3.63) is 0 Å². The van der Waals surface area contributed by atoms with E-state index in [0.29, 0.717) is 5.41 Å². The number of guanidine groups is 1. The highest BCUT2D eigenvalue weighted by molar-refractivity contribution is 14.0. The van der Waals surface area contributed by atoms with E-state index in [2.05, 4.69) is 46.3 Å². The van der Waals surface area contributed by atoms with Gasteiger partial charge in [-0.3, -0.25) is 4.99 Å². The number of aliphatic imine (C=N–C) groups is 1. The predicted octanol–water partition coefficient (Wildman–Crippen LogP) is 3.01. The summed E-state index contributed by atoms with van der Waals surface area (Å²) in [6, 6.07) is 0. The first-order chi connectivity index (χ1) is 12.0. The van der Waals surface area contributed by atoms with E-state index in [4.69, 9.17) is 0 Å². The normalized spacial score (nSPS) is 22.1. The molecule has 0 radical (unpaired) electrons. The molecule has 6 heteroatoms. The summed E-state index contributed by atoms with van der Waals surface area (Å²) in [6.45, 7) is 12.7. The fourth-order valence-electron chi connectivity index (χ4n) is 4.59. The van der Waals surface area contributed by atoms with E-state index in [1.807, 2.05) is 7.05 Å². The highest BCUT2D eigenvalue weighted by Crippen LogP contribution is 2.42. The minimum atomic E-state index is 0. The van der Waals surface area contributed by atoms with E-state index < -0.39 is 0 Å². The summed E-state index contributed by atoms with van der Waals surface area (Å²) in [5, 5.41) is 7.15. The molecule has 0 atom stereocenters. The number of hydrogen-bond donors (Lipinski definition) is 2. The predicted molar refractivity (Wildman–Crippen MR) is 124 cm³/mol. The van der Waals surface area contributed by atoms with E-state index in [0.717, 1.165) is 31.5 Å². The lowest BCUT2D eigenvalue weighted by molar-refractivity contribution is 0.234. The highest BCUT2D eigenvalue weighted by Gasteiger charge is 2.34. The summed E-state index contributed by atoms with van der Waals surface area (Å²) < 4.78 is 0. The molecule has 26 heavy (non-hydrogen) atoms. The Morgan fingerprint density at radius 1 is 1.04 bits per heavy atom. The van der Waals surface area contributed by atoms with Gasteiger partial charge in [-0.05, 0) is 57.2 Å². The van der Waals surface area contributed by atoms with Crippen molar-refractivity contribution in [1.29, 1.82) is 0 Å². The molecule has 0 unspecified atom stereocenters. The Balaban J connectivity index is 0.00000338. The minimum absolute atomic E-state index is 0. The molecular formula is C20H42IN5. The summed E-state index contributed by atoms with van der Waals surface area (Å²) in [5.41, 5.74) is 0.487. The van der Waals surface area contributed by atoms with Gasteiger partial charge in [0.1, 0.15) is 0 Å². The summed E-state index contributed by atoms with van der Waals surface area (Å²) in [7, 11) is 4.11. The second-order valence-corrected chi connectivity index (χ2v) is 8.66. The third kappa shape index (κ3) is 8.30. The van der Waals surface area contributed by atoms with Gasteiger partial charge in [0.2, 0.25) is 0 Å². The number of rotatable bonds is 7.